The van der Waals surface area contributed by atoms with Gasteiger partial charge in [-0.1, -0.05) is 12.1 Å². The molecule has 2 aromatic carbocycles. The van der Waals surface area contributed by atoms with Crippen LogP contribution in [0.15, 0.2) is 36.4 Å². The van der Waals surface area contributed by atoms with Gasteiger partial charge in [0.05, 0.1) is 11.8 Å². The maximum atomic E-state index is 11.4. The zero-order chi connectivity index (χ0) is 18.5. The summed E-state index contributed by atoms with van der Waals surface area (Å²) in [5.41, 5.74) is 1.94. The molecule has 0 saturated carbocycles. The highest BCUT2D eigenvalue weighted by Crippen LogP contribution is 2.38. The molecule has 1 aliphatic rings. The predicted octanol–water partition coefficient (Wildman–Crippen LogP) is 1.68. The van der Waals surface area contributed by atoms with Crippen LogP contribution in [0.3, 0.4) is 0 Å². The zero-order valence-electron chi connectivity index (χ0n) is 14.2. The van der Waals surface area contributed by atoms with Crippen molar-refractivity contribution in [1.29, 1.82) is 0 Å². The van der Waals surface area contributed by atoms with Crippen LogP contribution in [-0.2, 0) is 11.2 Å². The van der Waals surface area contributed by atoms with Gasteiger partial charge in [0, 0.05) is 18.2 Å². The number of carbonyl (C=O) groups is 1. The van der Waals surface area contributed by atoms with Crippen molar-refractivity contribution in [2.24, 2.45) is 0 Å². The van der Waals surface area contributed by atoms with Gasteiger partial charge in [0.15, 0.2) is 6.61 Å². The molecule has 138 valence electrons. The number of hydrogen-bond donors (Lipinski definition) is 5. The Bertz CT molecular complexity index is 776. The molecule has 0 bridgehead atoms. The molecule has 0 radical (unpaired) electrons. The molecule has 26 heavy (non-hydrogen) atoms. The van der Waals surface area contributed by atoms with Crippen LogP contribution in [-0.4, -0.2) is 40.9 Å². The van der Waals surface area contributed by atoms with Crippen molar-refractivity contribution in [1.82, 2.24) is 5.32 Å². The van der Waals surface area contributed by atoms with Crippen molar-refractivity contribution < 1.29 is 24.9 Å². The number of carbonyl (C=O) groups excluding carboxylic acids is 1. The Balaban J connectivity index is 1.51. The first-order valence-corrected chi connectivity index (χ1v) is 8.49. The summed E-state index contributed by atoms with van der Waals surface area (Å²) >= 11 is 0. The number of fused-ring (bicyclic) bond motifs is 1. The minimum atomic E-state index is -0.875. The van der Waals surface area contributed by atoms with Crippen molar-refractivity contribution in [3.05, 3.63) is 47.5 Å². The van der Waals surface area contributed by atoms with Gasteiger partial charge in [-0.25, -0.2) is 0 Å². The number of ether oxygens (including phenoxy) is 1. The lowest BCUT2D eigenvalue weighted by Gasteiger charge is -2.23. The quantitative estimate of drug-likeness (QED) is 0.482. The Kier molecular flexibility index (Phi) is 5.60. The highest BCUT2D eigenvalue weighted by molar-refractivity contribution is 5.96. The minimum Gasteiger partial charge on any atom is -0.508 e. The number of amides is 1. The van der Waals surface area contributed by atoms with E-state index in [0.29, 0.717) is 30.1 Å². The van der Waals surface area contributed by atoms with Crippen molar-refractivity contribution in [2.45, 2.75) is 18.9 Å². The molecule has 0 aliphatic carbocycles. The Morgan fingerprint density at radius 2 is 1.92 bits per heavy atom. The van der Waals surface area contributed by atoms with E-state index in [2.05, 4.69) is 10.6 Å². The average molecular weight is 358 g/mol. The summed E-state index contributed by atoms with van der Waals surface area (Å²) in [5.74, 6) is 0.301. The fraction of sp³-hybridized carbons (Fsp3) is 0.316. The lowest BCUT2D eigenvalue weighted by molar-refractivity contribution is -0.118. The second-order valence-electron chi connectivity index (χ2n) is 6.24. The third-order valence-corrected chi connectivity index (χ3v) is 4.18. The molecule has 3 rings (SSSR count). The molecular weight excluding hydrogens is 336 g/mol. The molecule has 1 aliphatic heterocycles. The summed E-state index contributed by atoms with van der Waals surface area (Å²) in [4.78, 5) is 11.4. The first-order chi connectivity index (χ1) is 12.5. The first kappa shape index (κ1) is 18.0. The summed E-state index contributed by atoms with van der Waals surface area (Å²) in [5, 5.41) is 35.3. The minimum absolute atomic E-state index is 0.0454. The second-order valence-corrected chi connectivity index (χ2v) is 6.24. The van der Waals surface area contributed by atoms with Crippen LogP contribution in [0.2, 0.25) is 0 Å². The van der Waals surface area contributed by atoms with E-state index in [1.54, 1.807) is 12.1 Å². The highest BCUT2D eigenvalue weighted by atomic mass is 16.5. The van der Waals surface area contributed by atoms with E-state index in [0.717, 1.165) is 18.4 Å². The maximum Gasteiger partial charge on any atom is 0.262 e. The van der Waals surface area contributed by atoms with Crippen LogP contribution < -0.4 is 15.4 Å². The number of nitrogens with one attached hydrogen (secondary N) is 2. The topological polar surface area (TPSA) is 111 Å². The van der Waals surface area contributed by atoms with E-state index in [1.165, 1.54) is 12.1 Å². The molecule has 0 aromatic heterocycles. The Morgan fingerprint density at radius 3 is 2.69 bits per heavy atom. The molecule has 1 unspecified atom stereocenters. The van der Waals surface area contributed by atoms with Gasteiger partial charge in [-0.2, -0.15) is 0 Å². The number of benzene rings is 2. The van der Waals surface area contributed by atoms with Crippen molar-refractivity contribution in [3.8, 4) is 17.2 Å². The number of phenols is 2. The SMILES string of the molecule is O=C1COc2c(cc(O)cc2C(O)CNCCCc2ccc(O)cc2)N1. The largest absolute Gasteiger partial charge is 0.508 e. The lowest BCUT2D eigenvalue weighted by Crippen LogP contribution is -2.28. The molecule has 0 fully saturated rings. The van der Waals surface area contributed by atoms with Crippen LogP contribution in [0.1, 0.15) is 23.7 Å². The standard InChI is InChI=1S/C19H22N2O5/c22-13-5-3-12(4-6-13)2-1-7-20-10-17(24)15-8-14(23)9-16-19(15)26-11-18(25)21-16/h3-6,8-9,17,20,22-24H,1-2,7,10-11H2,(H,21,25). The molecule has 5 N–H and O–H groups in total. The average Bonchev–Trinajstić information content (AvgIpc) is 2.61. The van der Waals surface area contributed by atoms with Crippen molar-refractivity contribution in [3.63, 3.8) is 0 Å². The summed E-state index contributed by atoms with van der Waals surface area (Å²) in [6, 6.07) is 9.93. The van der Waals surface area contributed by atoms with Crippen molar-refractivity contribution in [2.75, 3.05) is 25.0 Å². The van der Waals surface area contributed by atoms with Crippen LogP contribution in [0, 0.1) is 0 Å². The van der Waals surface area contributed by atoms with E-state index in [1.807, 2.05) is 12.1 Å². The number of aliphatic hydroxyl groups is 1. The van der Waals surface area contributed by atoms with Crippen LogP contribution in [0.4, 0.5) is 5.69 Å². The third kappa shape index (κ3) is 4.44. The number of phenolic OH excluding ortho intramolecular Hbond substituents is 2. The lowest BCUT2D eigenvalue weighted by atomic mass is 10.0. The van der Waals surface area contributed by atoms with E-state index < -0.39 is 6.10 Å². The van der Waals surface area contributed by atoms with Gasteiger partial charge in [0.25, 0.3) is 5.91 Å². The summed E-state index contributed by atoms with van der Waals surface area (Å²) in [6.07, 6.45) is 0.863. The van der Waals surface area contributed by atoms with Crippen LogP contribution in [0.5, 0.6) is 17.2 Å². The summed E-state index contributed by atoms with van der Waals surface area (Å²) in [6.45, 7) is 0.886. The molecule has 0 spiro atoms. The molecule has 2 aromatic rings. The number of aromatic hydroxyl groups is 2. The van der Waals surface area contributed by atoms with E-state index in [4.69, 9.17) is 4.74 Å². The van der Waals surface area contributed by atoms with Gasteiger partial charge in [0.1, 0.15) is 17.2 Å². The molecule has 1 atom stereocenters. The number of aryl methyl sites for hydroxylation is 1. The monoisotopic (exact) mass is 358 g/mol. The normalized spacial score (nSPS) is 14.3. The predicted molar refractivity (Wildman–Crippen MR) is 96.5 cm³/mol. The Hall–Kier alpha value is -2.77. The number of aliphatic hydroxyl groups excluding tert-OH is 1. The third-order valence-electron chi connectivity index (χ3n) is 4.18. The number of rotatable bonds is 7. The molecule has 1 heterocycles. The summed E-state index contributed by atoms with van der Waals surface area (Å²) in [7, 11) is 0. The molecular formula is C19H22N2O5. The fourth-order valence-electron chi connectivity index (χ4n) is 2.89. The highest BCUT2D eigenvalue weighted by Gasteiger charge is 2.24. The van der Waals surface area contributed by atoms with Gasteiger partial charge < -0.3 is 30.7 Å². The number of hydrogen-bond acceptors (Lipinski definition) is 6. The molecule has 0 saturated heterocycles. The number of anilines is 1. The van der Waals surface area contributed by atoms with Gasteiger partial charge in [-0.3, -0.25) is 4.79 Å². The molecule has 7 heteroatoms. The zero-order valence-corrected chi connectivity index (χ0v) is 14.2. The fourth-order valence-corrected chi connectivity index (χ4v) is 2.89. The maximum absolute atomic E-state index is 11.4. The molecule has 7 nitrogen and oxygen atoms in total. The Morgan fingerprint density at radius 1 is 1.15 bits per heavy atom. The van der Waals surface area contributed by atoms with Gasteiger partial charge >= 0.3 is 0 Å². The van der Waals surface area contributed by atoms with Crippen LogP contribution in [0.25, 0.3) is 0 Å². The first-order valence-electron chi connectivity index (χ1n) is 8.49. The van der Waals surface area contributed by atoms with Gasteiger partial charge in [0.2, 0.25) is 0 Å². The smallest absolute Gasteiger partial charge is 0.262 e. The second kappa shape index (κ2) is 8.07. The van der Waals surface area contributed by atoms with E-state index in [-0.39, 0.29) is 24.0 Å². The molecule has 1 amide bonds. The van der Waals surface area contributed by atoms with Gasteiger partial charge in [-0.05, 0) is 43.1 Å². The van der Waals surface area contributed by atoms with E-state index in [9.17, 15) is 20.1 Å². The van der Waals surface area contributed by atoms with Gasteiger partial charge in [-0.15, -0.1) is 0 Å². The van der Waals surface area contributed by atoms with E-state index >= 15 is 0 Å². The summed E-state index contributed by atoms with van der Waals surface area (Å²) < 4.78 is 5.41. The van der Waals surface area contributed by atoms with Crippen LogP contribution >= 0.6 is 0 Å². The Labute approximate surface area is 151 Å². The van der Waals surface area contributed by atoms with Crippen molar-refractivity contribution >= 4 is 11.6 Å².